The van der Waals surface area contributed by atoms with Crippen LogP contribution in [0, 0.1) is 0 Å². The summed E-state index contributed by atoms with van der Waals surface area (Å²) in [6.07, 6.45) is 5.95. The molecule has 3 N–H and O–H groups in total. The Kier molecular flexibility index (Phi) is 12.4. The highest BCUT2D eigenvalue weighted by Crippen LogP contribution is 2.13. The number of amides is 2. The molecule has 154 valence electrons. The Hall–Kier alpha value is -2.35. The van der Waals surface area contributed by atoms with Crippen LogP contribution in [0.3, 0.4) is 0 Å². The lowest BCUT2D eigenvalue weighted by Crippen LogP contribution is -2.34. The lowest BCUT2D eigenvalue weighted by Gasteiger charge is -2.10. The van der Waals surface area contributed by atoms with Crippen molar-refractivity contribution in [1.82, 2.24) is 10.6 Å². The maximum absolute atomic E-state index is 11.6. The molecule has 0 aromatic heterocycles. The molecule has 0 heterocycles. The Bertz CT molecular complexity index is 637. The average Bonchev–Trinajstić information content (AvgIpc) is 2.70. The van der Waals surface area contributed by atoms with Gasteiger partial charge in [-0.1, -0.05) is 70.8 Å². The predicted octanol–water partition coefficient (Wildman–Crippen LogP) is 3.38. The van der Waals surface area contributed by atoms with Crippen LogP contribution >= 0.6 is 15.9 Å². The average molecular weight is 455 g/mol. The van der Waals surface area contributed by atoms with Crippen LogP contribution in [0.5, 0.6) is 0 Å². The maximum Gasteiger partial charge on any atom is 0.407 e. The fourth-order valence-electron chi connectivity index (χ4n) is 2.49. The molecule has 1 aromatic carbocycles. The van der Waals surface area contributed by atoms with Gasteiger partial charge >= 0.3 is 12.1 Å². The molecule has 1 rings (SSSR count). The van der Waals surface area contributed by atoms with Crippen LogP contribution in [-0.2, 0) is 20.9 Å². The molecule has 1 unspecified atom stereocenters. The van der Waals surface area contributed by atoms with E-state index in [2.05, 4.69) is 26.6 Å². The van der Waals surface area contributed by atoms with Crippen molar-refractivity contribution in [1.29, 1.82) is 0 Å². The van der Waals surface area contributed by atoms with Crippen molar-refractivity contribution in [2.45, 2.75) is 44.8 Å². The molecule has 0 saturated carbocycles. The summed E-state index contributed by atoms with van der Waals surface area (Å²) < 4.78 is 5.14. The predicted molar refractivity (Wildman–Crippen MR) is 110 cm³/mol. The highest BCUT2D eigenvalue weighted by atomic mass is 79.9. The minimum absolute atomic E-state index is 0.255. The molecule has 1 atom stereocenters. The SMILES string of the molecule is O=CNC(C=C(CBr)CCCCCCNC(=O)OCc1ccccc1)C(=O)O. The zero-order valence-electron chi connectivity index (χ0n) is 15.7. The second kappa shape index (κ2) is 14.7. The summed E-state index contributed by atoms with van der Waals surface area (Å²) in [5.74, 6) is -1.09. The van der Waals surface area contributed by atoms with Crippen LogP contribution in [0.25, 0.3) is 0 Å². The number of hydrogen-bond donors (Lipinski definition) is 3. The van der Waals surface area contributed by atoms with E-state index in [1.54, 1.807) is 6.08 Å². The van der Waals surface area contributed by atoms with Gasteiger partial charge in [-0.05, 0) is 24.8 Å². The first kappa shape index (κ1) is 23.7. The van der Waals surface area contributed by atoms with E-state index >= 15 is 0 Å². The zero-order valence-corrected chi connectivity index (χ0v) is 17.3. The Morgan fingerprint density at radius 3 is 2.50 bits per heavy atom. The van der Waals surface area contributed by atoms with Crippen LogP contribution in [-0.4, -0.2) is 41.5 Å². The molecular weight excluding hydrogens is 428 g/mol. The monoisotopic (exact) mass is 454 g/mol. The number of aliphatic carboxylic acids is 1. The largest absolute Gasteiger partial charge is 0.479 e. The molecule has 0 aliphatic carbocycles. The Morgan fingerprint density at radius 2 is 1.86 bits per heavy atom. The fourth-order valence-corrected chi connectivity index (χ4v) is 2.96. The summed E-state index contributed by atoms with van der Waals surface area (Å²) in [4.78, 5) is 33.1. The molecule has 8 heteroatoms. The van der Waals surface area contributed by atoms with Crippen molar-refractivity contribution in [3.05, 3.63) is 47.5 Å². The van der Waals surface area contributed by atoms with Gasteiger partial charge in [0.25, 0.3) is 0 Å². The first-order valence-electron chi connectivity index (χ1n) is 9.19. The quantitative estimate of drug-likeness (QED) is 0.173. The van der Waals surface area contributed by atoms with Gasteiger partial charge < -0.3 is 20.5 Å². The number of allylic oxidation sites excluding steroid dienone is 1. The number of halogens is 1. The summed E-state index contributed by atoms with van der Waals surface area (Å²) in [5.41, 5.74) is 1.88. The van der Waals surface area contributed by atoms with Gasteiger partial charge in [0.2, 0.25) is 6.41 Å². The van der Waals surface area contributed by atoms with Crippen LogP contribution in [0.15, 0.2) is 42.0 Å². The van der Waals surface area contributed by atoms with E-state index in [9.17, 15) is 14.4 Å². The van der Waals surface area contributed by atoms with Crippen molar-refractivity contribution < 1.29 is 24.2 Å². The molecule has 7 nitrogen and oxygen atoms in total. The first-order valence-corrected chi connectivity index (χ1v) is 10.3. The number of carbonyl (C=O) groups excluding carboxylic acids is 2. The topological polar surface area (TPSA) is 105 Å². The fraction of sp³-hybridized carbons (Fsp3) is 0.450. The van der Waals surface area contributed by atoms with Crippen molar-refractivity contribution >= 4 is 34.4 Å². The Balaban J connectivity index is 2.13. The third kappa shape index (κ3) is 10.7. The zero-order chi connectivity index (χ0) is 20.6. The Labute approximate surface area is 173 Å². The van der Waals surface area contributed by atoms with Gasteiger partial charge in [-0.2, -0.15) is 0 Å². The summed E-state index contributed by atoms with van der Waals surface area (Å²) in [5, 5.41) is 14.6. The van der Waals surface area contributed by atoms with Gasteiger partial charge in [0, 0.05) is 11.9 Å². The van der Waals surface area contributed by atoms with E-state index in [1.807, 2.05) is 30.3 Å². The van der Waals surface area contributed by atoms with Gasteiger partial charge in [-0.25, -0.2) is 9.59 Å². The Morgan fingerprint density at radius 1 is 1.14 bits per heavy atom. The number of carboxylic acid groups (broad SMARTS) is 1. The lowest BCUT2D eigenvalue weighted by atomic mass is 10.1. The minimum atomic E-state index is -1.09. The molecule has 2 amide bonds. The van der Waals surface area contributed by atoms with Crippen molar-refractivity contribution in [2.75, 3.05) is 11.9 Å². The number of hydrogen-bond acceptors (Lipinski definition) is 4. The molecule has 0 spiro atoms. The maximum atomic E-state index is 11.6. The standard InChI is InChI=1S/C20H27BrN2O5/c21-13-17(12-18(19(25)26)23-15-24)10-4-1-2-7-11-22-20(27)28-14-16-8-5-3-6-9-16/h3,5-6,8-9,12,15,18H,1-2,4,7,10-11,13-14H2,(H,22,27)(H,23,24)(H,25,26). The summed E-state index contributed by atoms with van der Waals surface area (Å²) in [6.45, 7) is 0.809. The van der Waals surface area contributed by atoms with Crippen LogP contribution in [0.4, 0.5) is 4.79 Å². The van der Waals surface area contributed by atoms with E-state index in [0.717, 1.165) is 43.2 Å². The molecule has 0 radical (unpaired) electrons. The number of nitrogens with one attached hydrogen (secondary N) is 2. The molecule has 28 heavy (non-hydrogen) atoms. The van der Waals surface area contributed by atoms with Gasteiger partial charge in [0.1, 0.15) is 12.6 Å². The molecule has 0 bridgehead atoms. The van der Waals surface area contributed by atoms with E-state index in [1.165, 1.54) is 0 Å². The third-order valence-electron chi connectivity index (χ3n) is 3.99. The number of rotatable bonds is 14. The molecule has 0 aliphatic heterocycles. The molecule has 0 saturated heterocycles. The number of benzene rings is 1. The van der Waals surface area contributed by atoms with Crippen LogP contribution < -0.4 is 10.6 Å². The number of ether oxygens (including phenoxy) is 1. The van der Waals surface area contributed by atoms with Gasteiger partial charge in [-0.3, -0.25) is 4.79 Å². The second-order valence-electron chi connectivity index (χ2n) is 6.21. The third-order valence-corrected chi connectivity index (χ3v) is 4.71. The second-order valence-corrected chi connectivity index (χ2v) is 6.77. The van der Waals surface area contributed by atoms with E-state index in [-0.39, 0.29) is 6.61 Å². The van der Waals surface area contributed by atoms with Crippen LogP contribution in [0.1, 0.15) is 37.7 Å². The number of unbranched alkanes of at least 4 members (excludes halogenated alkanes) is 3. The van der Waals surface area contributed by atoms with Crippen LogP contribution in [0.2, 0.25) is 0 Å². The highest BCUT2D eigenvalue weighted by Gasteiger charge is 2.13. The lowest BCUT2D eigenvalue weighted by molar-refractivity contribution is -0.139. The van der Waals surface area contributed by atoms with Crippen molar-refractivity contribution in [3.63, 3.8) is 0 Å². The molecular formula is C20H27BrN2O5. The van der Waals surface area contributed by atoms with E-state index in [4.69, 9.17) is 9.84 Å². The summed E-state index contributed by atoms with van der Waals surface area (Å²) >= 11 is 3.35. The first-order chi connectivity index (χ1) is 13.6. The van der Waals surface area contributed by atoms with Gasteiger partial charge in [-0.15, -0.1) is 0 Å². The number of alkyl carbamates (subject to hydrolysis) is 1. The minimum Gasteiger partial charge on any atom is -0.479 e. The van der Waals surface area contributed by atoms with Crippen molar-refractivity contribution in [2.24, 2.45) is 0 Å². The number of alkyl halides is 1. The summed E-state index contributed by atoms with van der Waals surface area (Å²) in [7, 11) is 0. The molecule has 1 aromatic rings. The molecule has 0 aliphatic rings. The van der Waals surface area contributed by atoms with Gasteiger partial charge in [0.15, 0.2) is 0 Å². The molecule has 0 fully saturated rings. The summed E-state index contributed by atoms with van der Waals surface area (Å²) in [6, 6.07) is 8.50. The van der Waals surface area contributed by atoms with Gasteiger partial charge in [0.05, 0.1) is 0 Å². The normalized spacial score (nSPS) is 12.1. The highest BCUT2D eigenvalue weighted by molar-refractivity contribution is 9.09. The number of carboxylic acids is 1. The number of carbonyl (C=O) groups is 3. The van der Waals surface area contributed by atoms with Crippen molar-refractivity contribution in [3.8, 4) is 0 Å². The van der Waals surface area contributed by atoms with E-state index < -0.39 is 18.1 Å². The smallest absolute Gasteiger partial charge is 0.407 e. The van der Waals surface area contributed by atoms with E-state index in [0.29, 0.717) is 18.3 Å².